The highest BCUT2D eigenvalue weighted by molar-refractivity contribution is 5.82. The highest BCUT2D eigenvalue weighted by Gasteiger charge is 2.53. The van der Waals surface area contributed by atoms with Crippen molar-refractivity contribution in [3.63, 3.8) is 0 Å². The molecule has 0 radical (unpaired) electrons. The maximum Gasteiger partial charge on any atom is 0.248 e. The maximum absolute atomic E-state index is 13.7. The SMILES string of the molecule is CNC1OC1C1CC(O)CN1C(=O)C(n1cc(C(O)c2ccc(F)cc2)nn1)C(C)(C)C. The third kappa shape index (κ3) is 4.40. The van der Waals surface area contributed by atoms with Crippen molar-refractivity contribution in [1.29, 1.82) is 0 Å². The van der Waals surface area contributed by atoms with Crippen LogP contribution in [0.2, 0.25) is 0 Å². The van der Waals surface area contributed by atoms with E-state index in [4.69, 9.17) is 4.74 Å². The second kappa shape index (κ2) is 8.51. The van der Waals surface area contributed by atoms with Crippen LogP contribution in [0.4, 0.5) is 4.39 Å². The first-order valence-corrected chi connectivity index (χ1v) is 10.8. The molecule has 2 fully saturated rings. The summed E-state index contributed by atoms with van der Waals surface area (Å²) in [6.07, 6.45) is 0.00597. The van der Waals surface area contributed by atoms with Crippen LogP contribution in [0.1, 0.15) is 50.6 Å². The van der Waals surface area contributed by atoms with E-state index in [2.05, 4.69) is 15.6 Å². The van der Waals surface area contributed by atoms with Gasteiger partial charge < -0.3 is 19.8 Å². The van der Waals surface area contributed by atoms with Crippen molar-refractivity contribution in [2.45, 2.75) is 63.8 Å². The zero-order valence-electron chi connectivity index (χ0n) is 18.6. The lowest BCUT2D eigenvalue weighted by Gasteiger charge is -2.34. The summed E-state index contributed by atoms with van der Waals surface area (Å²) in [5.74, 6) is -0.581. The van der Waals surface area contributed by atoms with Gasteiger partial charge in [0, 0.05) is 6.54 Å². The molecule has 3 N–H and O–H groups in total. The van der Waals surface area contributed by atoms with Gasteiger partial charge in [-0.05, 0) is 36.6 Å². The second-order valence-electron chi connectivity index (χ2n) is 9.60. The number of aromatic nitrogens is 3. The van der Waals surface area contributed by atoms with Crippen LogP contribution in [-0.4, -0.2) is 74.1 Å². The number of ether oxygens (including phenoxy) is 1. The van der Waals surface area contributed by atoms with Gasteiger partial charge in [0.1, 0.15) is 36.0 Å². The molecule has 2 aliphatic rings. The smallest absolute Gasteiger partial charge is 0.248 e. The van der Waals surface area contributed by atoms with Gasteiger partial charge in [-0.15, -0.1) is 5.10 Å². The summed E-state index contributed by atoms with van der Waals surface area (Å²) in [5, 5.41) is 32.2. The molecular weight excluding hydrogens is 417 g/mol. The number of carbonyl (C=O) groups is 1. The first-order chi connectivity index (χ1) is 15.1. The predicted molar refractivity (Wildman–Crippen MR) is 113 cm³/mol. The molecule has 4 rings (SSSR count). The van der Waals surface area contributed by atoms with Crippen LogP contribution in [-0.2, 0) is 9.53 Å². The first kappa shape index (κ1) is 22.8. The number of carbonyl (C=O) groups excluding carboxylic acids is 1. The summed E-state index contributed by atoms with van der Waals surface area (Å²) < 4.78 is 20.3. The number of aliphatic hydroxyl groups excluding tert-OH is 2. The van der Waals surface area contributed by atoms with Gasteiger partial charge in [-0.2, -0.15) is 0 Å². The van der Waals surface area contributed by atoms with E-state index in [1.54, 1.807) is 18.1 Å². The molecule has 32 heavy (non-hydrogen) atoms. The molecule has 1 aromatic heterocycles. The molecule has 0 saturated carbocycles. The van der Waals surface area contributed by atoms with Gasteiger partial charge in [0.15, 0.2) is 0 Å². The van der Waals surface area contributed by atoms with Crippen LogP contribution in [0.3, 0.4) is 0 Å². The standard InChI is InChI=1S/C22H30FN5O4/c1-22(2,3)19(21(31)27-10-14(29)9-16(27)18-20(24-4)32-18)28-11-15(25-26-28)17(30)12-5-7-13(23)8-6-12/h5-8,11,14,16-20,24,29-30H,9-10H2,1-4H3. The number of hydrogen-bond donors (Lipinski definition) is 3. The van der Waals surface area contributed by atoms with Crippen LogP contribution >= 0.6 is 0 Å². The largest absolute Gasteiger partial charge is 0.391 e. The fraction of sp³-hybridized carbons (Fsp3) is 0.591. The van der Waals surface area contributed by atoms with E-state index in [0.29, 0.717) is 12.0 Å². The predicted octanol–water partition coefficient (Wildman–Crippen LogP) is 0.992. The Labute approximate surface area is 186 Å². The Morgan fingerprint density at radius 1 is 1.31 bits per heavy atom. The lowest BCUT2D eigenvalue weighted by atomic mass is 9.85. The van der Waals surface area contributed by atoms with Crippen molar-refractivity contribution < 1.29 is 24.1 Å². The summed E-state index contributed by atoms with van der Waals surface area (Å²) in [7, 11) is 1.80. The minimum absolute atomic E-state index is 0.127. The van der Waals surface area contributed by atoms with Crippen molar-refractivity contribution in [2.75, 3.05) is 13.6 Å². The Bertz CT molecular complexity index is 960. The second-order valence-corrected chi connectivity index (χ2v) is 9.60. The lowest BCUT2D eigenvalue weighted by Crippen LogP contribution is -2.47. The van der Waals surface area contributed by atoms with Gasteiger partial charge in [-0.3, -0.25) is 10.1 Å². The molecular formula is C22H30FN5O4. The third-order valence-electron chi connectivity index (χ3n) is 6.11. The van der Waals surface area contributed by atoms with E-state index in [-0.39, 0.29) is 36.5 Å². The molecule has 0 bridgehead atoms. The molecule has 174 valence electrons. The Morgan fingerprint density at radius 2 is 2.00 bits per heavy atom. The van der Waals surface area contributed by atoms with Gasteiger partial charge in [0.25, 0.3) is 0 Å². The molecule has 1 amide bonds. The number of likely N-dealkylation sites (tertiary alicyclic amines) is 1. The third-order valence-corrected chi connectivity index (χ3v) is 6.11. The topological polar surface area (TPSA) is 116 Å². The van der Waals surface area contributed by atoms with Crippen molar-refractivity contribution in [2.24, 2.45) is 5.41 Å². The minimum Gasteiger partial charge on any atom is -0.391 e. The summed E-state index contributed by atoms with van der Waals surface area (Å²) >= 11 is 0. The van der Waals surface area contributed by atoms with E-state index in [0.717, 1.165) is 0 Å². The number of β-amino-alcohol motifs (C(OH)–C–C–N with tert-alkyl or cyclic N) is 1. The molecule has 3 heterocycles. The lowest BCUT2D eigenvalue weighted by molar-refractivity contribution is -0.140. The van der Waals surface area contributed by atoms with E-state index in [9.17, 15) is 19.4 Å². The van der Waals surface area contributed by atoms with E-state index >= 15 is 0 Å². The number of nitrogens with one attached hydrogen (secondary N) is 1. The van der Waals surface area contributed by atoms with E-state index in [1.807, 2.05) is 20.8 Å². The number of likely N-dealkylation sites (N-methyl/N-ethyl adjacent to an activating group) is 1. The number of benzene rings is 1. The fourth-order valence-electron chi connectivity index (χ4n) is 4.45. The average molecular weight is 448 g/mol. The number of amides is 1. The summed E-state index contributed by atoms with van der Waals surface area (Å²) in [5.41, 5.74) is 0.217. The molecule has 6 atom stereocenters. The quantitative estimate of drug-likeness (QED) is 0.566. The van der Waals surface area contributed by atoms with Crippen LogP contribution in [0.25, 0.3) is 0 Å². The number of hydrogen-bond acceptors (Lipinski definition) is 7. The fourth-order valence-corrected chi connectivity index (χ4v) is 4.45. The van der Waals surface area contributed by atoms with Crippen molar-refractivity contribution >= 4 is 5.91 Å². The molecule has 9 nitrogen and oxygen atoms in total. The number of nitrogens with zero attached hydrogens (tertiary/aromatic N) is 4. The number of rotatable bonds is 6. The van der Waals surface area contributed by atoms with Crippen LogP contribution < -0.4 is 5.32 Å². The van der Waals surface area contributed by atoms with Crippen molar-refractivity contribution in [3.05, 3.63) is 47.5 Å². The minimum atomic E-state index is -1.10. The molecule has 2 aliphatic heterocycles. The summed E-state index contributed by atoms with van der Waals surface area (Å²) in [6.45, 7) is 6.02. The van der Waals surface area contributed by atoms with Crippen molar-refractivity contribution in [3.8, 4) is 0 Å². The van der Waals surface area contributed by atoms with Gasteiger partial charge in [0.05, 0.1) is 18.3 Å². The van der Waals surface area contributed by atoms with E-state index < -0.39 is 29.5 Å². The zero-order valence-corrected chi connectivity index (χ0v) is 18.6. The first-order valence-electron chi connectivity index (χ1n) is 10.8. The van der Waals surface area contributed by atoms with Crippen LogP contribution in [0.5, 0.6) is 0 Å². The molecule has 1 aromatic carbocycles. The number of aliphatic hydroxyl groups is 2. The molecule has 2 aromatic rings. The van der Waals surface area contributed by atoms with Gasteiger partial charge in [0.2, 0.25) is 5.91 Å². The van der Waals surface area contributed by atoms with E-state index in [1.165, 1.54) is 28.9 Å². The highest BCUT2D eigenvalue weighted by atomic mass is 19.1. The van der Waals surface area contributed by atoms with Gasteiger partial charge in [-0.25, -0.2) is 9.07 Å². The molecule has 10 heteroatoms. The highest BCUT2D eigenvalue weighted by Crippen LogP contribution is 2.38. The Hall–Kier alpha value is -2.40. The Kier molecular flexibility index (Phi) is 6.06. The number of epoxide rings is 1. The summed E-state index contributed by atoms with van der Waals surface area (Å²) in [6, 6.07) is 4.56. The molecule has 6 unspecified atom stereocenters. The normalized spacial score (nSPS) is 27.4. The number of halogens is 1. The van der Waals surface area contributed by atoms with Gasteiger partial charge >= 0.3 is 0 Å². The van der Waals surface area contributed by atoms with Gasteiger partial charge in [-0.1, -0.05) is 38.1 Å². The molecule has 0 spiro atoms. The monoisotopic (exact) mass is 447 g/mol. The summed E-state index contributed by atoms with van der Waals surface area (Å²) in [4.78, 5) is 15.4. The average Bonchev–Trinajstić information content (AvgIpc) is 3.18. The molecule has 2 saturated heterocycles. The Balaban J connectivity index is 1.59. The van der Waals surface area contributed by atoms with Crippen LogP contribution in [0, 0.1) is 11.2 Å². The maximum atomic E-state index is 13.7. The van der Waals surface area contributed by atoms with Crippen LogP contribution in [0.15, 0.2) is 30.5 Å². The Morgan fingerprint density at radius 3 is 2.59 bits per heavy atom. The molecule has 0 aliphatic carbocycles. The zero-order chi connectivity index (χ0) is 23.2. The van der Waals surface area contributed by atoms with Crippen molar-refractivity contribution in [1.82, 2.24) is 25.2 Å².